The summed E-state index contributed by atoms with van der Waals surface area (Å²) in [6.45, 7) is 8.88. The minimum atomic E-state index is -1.51. The molecular weight excluding hydrogens is 440 g/mol. The normalized spacial score (nSPS) is 12.5. The zero-order chi connectivity index (χ0) is 25.5. The van der Waals surface area contributed by atoms with Crippen molar-refractivity contribution in [3.05, 3.63) is 0 Å². The Bertz CT molecular complexity index is 483. The average Bonchev–Trinajstić information content (AvgIpc) is 2.85. The van der Waals surface area contributed by atoms with Crippen LogP contribution in [0.4, 0.5) is 0 Å². The second-order valence-corrected chi connectivity index (χ2v) is 15.5. The van der Waals surface area contributed by atoms with Crippen LogP contribution in [0.2, 0.25) is 24.2 Å². The molecule has 0 aromatic heterocycles. The van der Waals surface area contributed by atoms with Crippen molar-refractivity contribution in [1.29, 1.82) is 0 Å². The third kappa shape index (κ3) is 16.7. The highest BCUT2D eigenvalue weighted by Gasteiger charge is 2.32. The summed E-state index contributed by atoms with van der Waals surface area (Å²) < 4.78 is 10.3. The fourth-order valence-corrected chi connectivity index (χ4v) is 10.0. The Labute approximate surface area is 213 Å². The van der Waals surface area contributed by atoms with Crippen LogP contribution < -0.4 is 0 Å². The number of esters is 2. The Morgan fingerprint density at radius 1 is 0.588 bits per heavy atom. The lowest BCUT2D eigenvalue weighted by Crippen LogP contribution is -2.36. The van der Waals surface area contributed by atoms with Gasteiger partial charge in [0.1, 0.15) is 0 Å². The SMILES string of the molecule is CCCCCCCCCC[Si](CCCCCC)(CCCCCC)CCOC(=O)C(C)C(=O)OC. The second kappa shape index (κ2) is 22.6. The zero-order valence-corrected chi connectivity index (χ0v) is 24.6. The molecule has 0 amide bonds. The van der Waals surface area contributed by atoms with Gasteiger partial charge in [0, 0.05) is 0 Å². The average molecular weight is 499 g/mol. The summed E-state index contributed by atoms with van der Waals surface area (Å²) in [6.07, 6.45) is 21.4. The van der Waals surface area contributed by atoms with Crippen molar-refractivity contribution in [3.63, 3.8) is 0 Å². The molecule has 0 N–H and O–H groups in total. The van der Waals surface area contributed by atoms with E-state index in [9.17, 15) is 9.59 Å². The fraction of sp³-hybridized carbons (Fsp3) is 0.931. The second-order valence-electron chi connectivity index (χ2n) is 10.5. The molecular formula is C29H58O4Si. The van der Waals surface area contributed by atoms with Gasteiger partial charge in [-0.05, 0) is 13.0 Å². The quantitative estimate of drug-likeness (QED) is 0.0576. The summed E-state index contributed by atoms with van der Waals surface area (Å²) in [7, 11) is -0.187. The highest BCUT2D eigenvalue weighted by molar-refractivity contribution is 6.79. The molecule has 1 unspecified atom stereocenters. The topological polar surface area (TPSA) is 52.6 Å². The van der Waals surface area contributed by atoms with Crippen LogP contribution in [0.25, 0.3) is 0 Å². The summed E-state index contributed by atoms with van der Waals surface area (Å²) in [5, 5.41) is 0. The number of unbranched alkanes of at least 4 members (excludes halogenated alkanes) is 13. The molecule has 0 aromatic carbocycles. The van der Waals surface area contributed by atoms with Gasteiger partial charge in [0.25, 0.3) is 0 Å². The number of hydrogen-bond donors (Lipinski definition) is 0. The van der Waals surface area contributed by atoms with Gasteiger partial charge in [-0.2, -0.15) is 0 Å². The summed E-state index contributed by atoms with van der Waals surface area (Å²) >= 11 is 0. The third-order valence-electron chi connectivity index (χ3n) is 7.47. The number of methoxy groups -OCH3 is 1. The van der Waals surface area contributed by atoms with Gasteiger partial charge in [-0.3, -0.25) is 9.59 Å². The largest absolute Gasteiger partial charge is 0.468 e. The highest BCUT2D eigenvalue weighted by atomic mass is 28.3. The molecule has 34 heavy (non-hydrogen) atoms. The zero-order valence-electron chi connectivity index (χ0n) is 23.6. The van der Waals surface area contributed by atoms with Crippen LogP contribution in [-0.4, -0.2) is 33.7 Å². The van der Waals surface area contributed by atoms with Gasteiger partial charge in [-0.15, -0.1) is 0 Å². The van der Waals surface area contributed by atoms with Gasteiger partial charge < -0.3 is 9.47 Å². The molecule has 0 spiro atoms. The summed E-state index contributed by atoms with van der Waals surface area (Å²) in [6, 6.07) is 5.19. The molecule has 0 aromatic rings. The van der Waals surface area contributed by atoms with Crippen molar-refractivity contribution in [3.8, 4) is 0 Å². The Hall–Kier alpha value is -0.843. The molecule has 1 atom stereocenters. The maximum Gasteiger partial charge on any atom is 0.320 e. The number of rotatable bonds is 24. The predicted molar refractivity (Wildman–Crippen MR) is 148 cm³/mol. The van der Waals surface area contributed by atoms with E-state index in [-0.39, 0.29) is 0 Å². The molecule has 0 heterocycles. The molecule has 0 rings (SSSR count). The molecule has 0 aliphatic rings. The van der Waals surface area contributed by atoms with Gasteiger partial charge in [0.05, 0.1) is 21.8 Å². The highest BCUT2D eigenvalue weighted by Crippen LogP contribution is 2.33. The van der Waals surface area contributed by atoms with E-state index in [1.165, 1.54) is 128 Å². The van der Waals surface area contributed by atoms with E-state index in [1.807, 2.05) is 0 Å². The summed E-state index contributed by atoms with van der Waals surface area (Å²) in [4.78, 5) is 24.0. The Morgan fingerprint density at radius 2 is 0.971 bits per heavy atom. The fourth-order valence-electron chi connectivity index (χ4n) is 5.00. The van der Waals surface area contributed by atoms with E-state index in [2.05, 4.69) is 20.8 Å². The summed E-state index contributed by atoms with van der Waals surface area (Å²) in [5.41, 5.74) is 0. The lowest BCUT2D eigenvalue weighted by Gasteiger charge is -2.33. The lowest BCUT2D eigenvalue weighted by molar-refractivity contribution is -0.159. The number of carbonyl (C=O) groups excluding carboxylic acids is 2. The van der Waals surface area contributed by atoms with Crippen LogP contribution in [0.5, 0.6) is 0 Å². The van der Waals surface area contributed by atoms with E-state index in [4.69, 9.17) is 9.47 Å². The predicted octanol–water partition coefficient (Wildman–Crippen LogP) is 9.09. The minimum absolute atomic E-state index is 0.432. The smallest absolute Gasteiger partial charge is 0.320 e. The van der Waals surface area contributed by atoms with Crippen LogP contribution in [0, 0.1) is 5.92 Å². The molecule has 0 aliphatic carbocycles. The van der Waals surface area contributed by atoms with Crippen molar-refractivity contribution < 1.29 is 19.1 Å². The number of ether oxygens (including phenoxy) is 2. The first-order valence-electron chi connectivity index (χ1n) is 14.7. The van der Waals surface area contributed by atoms with Crippen molar-refractivity contribution >= 4 is 20.0 Å². The molecule has 0 aliphatic heterocycles. The maximum atomic E-state index is 12.3. The van der Waals surface area contributed by atoms with Gasteiger partial charge in [0.2, 0.25) is 0 Å². The lowest BCUT2D eigenvalue weighted by atomic mass is 10.1. The Balaban J connectivity index is 4.94. The first kappa shape index (κ1) is 33.2. The third-order valence-corrected chi connectivity index (χ3v) is 13.0. The van der Waals surface area contributed by atoms with Crippen molar-refractivity contribution in [1.82, 2.24) is 0 Å². The molecule has 0 saturated carbocycles. The molecule has 0 fully saturated rings. The summed E-state index contributed by atoms with van der Waals surface area (Å²) in [5.74, 6) is -1.77. The van der Waals surface area contributed by atoms with E-state index in [0.717, 1.165) is 6.04 Å². The van der Waals surface area contributed by atoms with Crippen LogP contribution in [-0.2, 0) is 19.1 Å². The number of carbonyl (C=O) groups is 2. The van der Waals surface area contributed by atoms with Crippen LogP contribution in [0.15, 0.2) is 0 Å². The van der Waals surface area contributed by atoms with Crippen LogP contribution in [0.3, 0.4) is 0 Å². The van der Waals surface area contributed by atoms with E-state index in [1.54, 1.807) is 6.92 Å². The molecule has 5 heteroatoms. The van der Waals surface area contributed by atoms with Gasteiger partial charge >= 0.3 is 11.9 Å². The number of hydrogen-bond acceptors (Lipinski definition) is 4. The van der Waals surface area contributed by atoms with E-state index >= 15 is 0 Å². The first-order valence-corrected chi connectivity index (χ1v) is 17.5. The standard InChI is InChI=1S/C29H58O4Si/c1-6-9-12-15-16-17-18-21-25-34(23-19-13-10-7-2,24-20-14-11-8-3)26-22-33-29(31)27(4)28(30)32-5/h27H,6-26H2,1-5H3. The Kier molecular flexibility index (Phi) is 22.0. The molecule has 0 saturated heterocycles. The van der Waals surface area contributed by atoms with Gasteiger partial charge in [0.15, 0.2) is 5.92 Å². The monoisotopic (exact) mass is 498 g/mol. The molecule has 0 radical (unpaired) electrons. The minimum Gasteiger partial charge on any atom is -0.468 e. The van der Waals surface area contributed by atoms with Gasteiger partial charge in [-0.1, -0.05) is 142 Å². The first-order chi connectivity index (χ1) is 16.5. The Morgan fingerprint density at radius 3 is 1.38 bits per heavy atom. The van der Waals surface area contributed by atoms with Crippen molar-refractivity contribution in [2.75, 3.05) is 13.7 Å². The molecule has 202 valence electrons. The van der Waals surface area contributed by atoms with Crippen molar-refractivity contribution in [2.24, 2.45) is 5.92 Å². The van der Waals surface area contributed by atoms with Gasteiger partial charge in [-0.25, -0.2) is 0 Å². The van der Waals surface area contributed by atoms with Crippen LogP contribution in [0.1, 0.15) is 130 Å². The van der Waals surface area contributed by atoms with E-state index in [0.29, 0.717) is 6.61 Å². The maximum absolute atomic E-state index is 12.3. The van der Waals surface area contributed by atoms with Crippen LogP contribution >= 0.6 is 0 Å². The molecule has 4 nitrogen and oxygen atoms in total. The van der Waals surface area contributed by atoms with Crippen molar-refractivity contribution in [2.45, 2.75) is 155 Å². The molecule has 0 bridgehead atoms. The van der Waals surface area contributed by atoms with E-state index < -0.39 is 25.9 Å².